The lowest BCUT2D eigenvalue weighted by molar-refractivity contribution is -0.305. The van der Waals surface area contributed by atoms with E-state index >= 15 is 0 Å². The summed E-state index contributed by atoms with van der Waals surface area (Å²) < 4.78 is 22.8. The summed E-state index contributed by atoms with van der Waals surface area (Å²) in [5, 5.41) is 40.1. The number of carbonyl (C=O) groups is 1. The van der Waals surface area contributed by atoms with E-state index in [4.69, 9.17) is 18.9 Å². The van der Waals surface area contributed by atoms with Crippen LogP contribution in [-0.2, 0) is 23.7 Å². The topological polar surface area (TPSA) is 135 Å². The SMILES string of the molecule is CC/C=C\C/C=C\C/C=C\C/C=C\CCCCCCCOCC(COC1OC(CO)C(O)C(O)C1O)OC(=O)CCCCCCCCCCCCCCCCCC. The fourth-order valence-corrected chi connectivity index (χ4v) is 6.89. The number of ether oxygens (including phenoxy) is 4. The molecule has 332 valence electrons. The maximum atomic E-state index is 12.8. The Balaban J connectivity index is 2.27. The lowest BCUT2D eigenvalue weighted by Gasteiger charge is -2.39. The molecule has 9 nitrogen and oxygen atoms in total. The van der Waals surface area contributed by atoms with Gasteiger partial charge >= 0.3 is 5.97 Å². The zero-order valence-electron chi connectivity index (χ0n) is 36.3. The molecule has 9 heteroatoms. The lowest BCUT2D eigenvalue weighted by atomic mass is 9.99. The fraction of sp³-hybridized carbons (Fsp3) is 0.812. The Kier molecular flexibility index (Phi) is 36.9. The standard InChI is InChI=1S/C48H86O9/c1-3-5-7-9-11-13-15-17-19-21-22-24-26-28-30-32-34-36-38-54-40-42(41-55-48-47(53)46(52)45(51)43(39-49)57-48)56-44(50)37-35-33-31-29-27-25-23-20-18-16-14-12-10-8-6-4-2/h5,7,11,13,17,19,22,24,42-43,45-49,51-53H,3-4,6,8-10,12,14-16,18,20-21,23,25-41H2,1-2H3/b7-5-,13-11-,19-17-,24-22-. The van der Waals surface area contributed by atoms with Crippen molar-refractivity contribution < 1.29 is 44.2 Å². The van der Waals surface area contributed by atoms with Crippen LogP contribution in [0.1, 0.15) is 187 Å². The molecule has 1 aliphatic heterocycles. The molecule has 0 saturated carbocycles. The Bertz CT molecular complexity index is 1010. The zero-order valence-corrected chi connectivity index (χ0v) is 36.3. The first kappa shape index (κ1) is 53.2. The summed E-state index contributed by atoms with van der Waals surface area (Å²) in [6.45, 7) is 4.41. The second-order valence-electron chi connectivity index (χ2n) is 15.8. The maximum absolute atomic E-state index is 12.8. The molecule has 0 spiro atoms. The average Bonchev–Trinajstić information content (AvgIpc) is 3.21. The van der Waals surface area contributed by atoms with E-state index in [1.165, 1.54) is 96.3 Å². The summed E-state index contributed by atoms with van der Waals surface area (Å²) >= 11 is 0. The Morgan fingerprint density at radius 3 is 1.61 bits per heavy atom. The third-order valence-electron chi connectivity index (χ3n) is 10.5. The molecule has 0 radical (unpaired) electrons. The number of aliphatic hydroxyl groups excluding tert-OH is 4. The molecule has 57 heavy (non-hydrogen) atoms. The number of carbonyl (C=O) groups excluding carboxylic acids is 1. The van der Waals surface area contributed by atoms with Crippen LogP contribution in [0.3, 0.4) is 0 Å². The number of rotatable bonds is 39. The molecule has 1 saturated heterocycles. The van der Waals surface area contributed by atoms with Gasteiger partial charge in [0.25, 0.3) is 0 Å². The largest absolute Gasteiger partial charge is 0.457 e. The summed E-state index contributed by atoms with van der Waals surface area (Å²) in [4.78, 5) is 12.8. The molecule has 1 aliphatic rings. The van der Waals surface area contributed by atoms with Crippen molar-refractivity contribution in [3.63, 3.8) is 0 Å². The Labute approximate surface area is 348 Å². The number of aliphatic hydroxyl groups is 4. The van der Waals surface area contributed by atoms with E-state index in [1.54, 1.807) is 0 Å². The third kappa shape index (κ3) is 30.8. The van der Waals surface area contributed by atoms with E-state index in [0.29, 0.717) is 13.0 Å². The molecule has 6 atom stereocenters. The quantitative estimate of drug-likeness (QED) is 0.0272. The van der Waals surface area contributed by atoms with E-state index in [-0.39, 0.29) is 19.2 Å². The summed E-state index contributed by atoms with van der Waals surface area (Å²) in [7, 11) is 0. The second-order valence-corrected chi connectivity index (χ2v) is 15.8. The molecule has 1 heterocycles. The van der Waals surface area contributed by atoms with Crippen molar-refractivity contribution in [2.24, 2.45) is 0 Å². The molecule has 0 aromatic carbocycles. The van der Waals surface area contributed by atoms with Gasteiger partial charge in [0, 0.05) is 13.0 Å². The first-order chi connectivity index (χ1) is 27.9. The number of hydrogen-bond donors (Lipinski definition) is 4. The van der Waals surface area contributed by atoms with E-state index < -0.39 is 43.4 Å². The van der Waals surface area contributed by atoms with Gasteiger partial charge in [0.1, 0.15) is 30.5 Å². The molecule has 1 fully saturated rings. The van der Waals surface area contributed by atoms with Gasteiger partial charge in [0.2, 0.25) is 0 Å². The van der Waals surface area contributed by atoms with E-state index in [9.17, 15) is 25.2 Å². The number of unbranched alkanes of at least 4 members (excludes halogenated alkanes) is 20. The van der Waals surface area contributed by atoms with Crippen molar-refractivity contribution in [1.82, 2.24) is 0 Å². The molecule has 1 rings (SSSR count). The molecule has 6 unspecified atom stereocenters. The van der Waals surface area contributed by atoms with Crippen molar-refractivity contribution in [3.8, 4) is 0 Å². The first-order valence-electron chi connectivity index (χ1n) is 23.2. The van der Waals surface area contributed by atoms with Gasteiger partial charge in [-0.2, -0.15) is 0 Å². The van der Waals surface area contributed by atoms with Gasteiger partial charge in [0.05, 0.1) is 19.8 Å². The van der Waals surface area contributed by atoms with Crippen LogP contribution in [0.15, 0.2) is 48.6 Å². The highest BCUT2D eigenvalue weighted by Gasteiger charge is 2.44. The van der Waals surface area contributed by atoms with Crippen LogP contribution in [-0.4, -0.2) is 89.6 Å². The fourth-order valence-electron chi connectivity index (χ4n) is 6.89. The Morgan fingerprint density at radius 2 is 1.07 bits per heavy atom. The van der Waals surface area contributed by atoms with Crippen molar-refractivity contribution in [2.45, 2.75) is 224 Å². The van der Waals surface area contributed by atoms with Crippen LogP contribution in [0.5, 0.6) is 0 Å². The van der Waals surface area contributed by atoms with E-state index in [0.717, 1.165) is 70.6 Å². The predicted molar refractivity (Wildman–Crippen MR) is 233 cm³/mol. The molecule has 4 N–H and O–H groups in total. The van der Waals surface area contributed by atoms with Crippen LogP contribution in [0.2, 0.25) is 0 Å². The van der Waals surface area contributed by atoms with Crippen LogP contribution < -0.4 is 0 Å². The van der Waals surface area contributed by atoms with Crippen LogP contribution in [0.25, 0.3) is 0 Å². The van der Waals surface area contributed by atoms with E-state index in [1.807, 2.05) is 0 Å². The van der Waals surface area contributed by atoms with Crippen LogP contribution in [0, 0.1) is 0 Å². The van der Waals surface area contributed by atoms with Gasteiger partial charge < -0.3 is 39.4 Å². The molecule has 0 aliphatic carbocycles. The highest BCUT2D eigenvalue weighted by Crippen LogP contribution is 2.22. The number of esters is 1. The van der Waals surface area contributed by atoms with Crippen LogP contribution in [0.4, 0.5) is 0 Å². The second kappa shape index (κ2) is 39.6. The molecule has 0 amide bonds. The van der Waals surface area contributed by atoms with E-state index in [2.05, 4.69) is 62.5 Å². The zero-order chi connectivity index (χ0) is 41.4. The minimum atomic E-state index is -1.54. The molecule has 0 aromatic heterocycles. The molecule has 0 aromatic rings. The number of hydrogen-bond acceptors (Lipinski definition) is 9. The van der Waals surface area contributed by atoms with Gasteiger partial charge in [0.15, 0.2) is 6.29 Å². The highest BCUT2D eigenvalue weighted by molar-refractivity contribution is 5.69. The summed E-state index contributed by atoms with van der Waals surface area (Å²) in [5.74, 6) is -0.320. The normalized spacial score (nSPS) is 20.8. The molecule has 0 bridgehead atoms. The highest BCUT2D eigenvalue weighted by atomic mass is 16.7. The van der Waals surface area contributed by atoms with Gasteiger partial charge in [-0.05, 0) is 51.4 Å². The van der Waals surface area contributed by atoms with Crippen molar-refractivity contribution in [3.05, 3.63) is 48.6 Å². The minimum absolute atomic E-state index is 0.120. The summed E-state index contributed by atoms with van der Waals surface area (Å²) in [6, 6.07) is 0. The molecular weight excluding hydrogens is 721 g/mol. The van der Waals surface area contributed by atoms with Gasteiger partial charge in [-0.3, -0.25) is 4.79 Å². The minimum Gasteiger partial charge on any atom is -0.457 e. The third-order valence-corrected chi connectivity index (χ3v) is 10.5. The average molecular weight is 807 g/mol. The Morgan fingerprint density at radius 1 is 0.579 bits per heavy atom. The summed E-state index contributed by atoms with van der Waals surface area (Å²) in [5.41, 5.74) is 0. The Hall–Kier alpha value is -1.85. The molecular formula is C48H86O9. The monoisotopic (exact) mass is 807 g/mol. The summed E-state index contributed by atoms with van der Waals surface area (Å²) in [6.07, 6.45) is 41.3. The first-order valence-corrected chi connectivity index (χ1v) is 23.2. The van der Waals surface area contributed by atoms with Gasteiger partial charge in [-0.15, -0.1) is 0 Å². The smallest absolute Gasteiger partial charge is 0.306 e. The van der Waals surface area contributed by atoms with Gasteiger partial charge in [-0.1, -0.05) is 178 Å². The van der Waals surface area contributed by atoms with Crippen molar-refractivity contribution in [1.29, 1.82) is 0 Å². The predicted octanol–water partition coefficient (Wildman–Crippen LogP) is 10.5. The van der Waals surface area contributed by atoms with Gasteiger partial charge in [-0.25, -0.2) is 0 Å². The van der Waals surface area contributed by atoms with Crippen LogP contribution >= 0.6 is 0 Å². The maximum Gasteiger partial charge on any atom is 0.306 e. The van der Waals surface area contributed by atoms with Crippen molar-refractivity contribution >= 4 is 5.97 Å². The lowest BCUT2D eigenvalue weighted by Crippen LogP contribution is -2.59. The number of allylic oxidation sites excluding steroid dienone is 8. The van der Waals surface area contributed by atoms with Crippen molar-refractivity contribution in [2.75, 3.05) is 26.4 Å².